The summed E-state index contributed by atoms with van der Waals surface area (Å²) in [5.74, 6) is -0.954. The van der Waals surface area contributed by atoms with E-state index in [4.69, 9.17) is 0 Å². The molecule has 1 heterocycles. The normalized spacial score (nSPS) is 10.1. The molecule has 0 atom stereocenters. The summed E-state index contributed by atoms with van der Waals surface area (Å²) >= 11 is 0. The van der Waals surface area contributed by atoms with E-state index < -0.39 is 5.91 Å². The summed E-state index contributed by atoms with van der Waals surface area (Å²) in [7, 11) is 0. The molecule has 3 aromatic rings. The van der Waals surface area contributed by atoms with Crippen molar-refractivity contribution in [3.8, 4) is 0 Å². The van der Waals surface area contributed by atoms with Gasteiger partial charge in [0.1, 0.15) is 5.69 Å². The number of nitrogens with one attached hydrogen (secondary N) is 3. The Bertz CT molecular complexity index is 1030. The predicted octanol–water partition coefficient (Wildman–Crippen LogP) is 3.22. The second-order valence-corrected chi connectivity index (χ2v) is 6.31. The van der Waals surface area contributed by atoms with Gasteiger partial charge in [0.2, 0.25) is 5.91 Å². The van der Waals surface area contributed by atoms with Crippen LogP contribution in [0.25, 0.3) is 0 Å². The molecule has 3 rings (SSSR count). The van der Waals surface area contributed by atoms with E-state index in [0.717, 1.165) is 5.56 Å². The summed E-state index contributed by atoms with van der Waals surface area (Å²) in [5.41, 5.74) is 2.50. The Labute approximate surface area is 168 Å². The van der Waals surface area contributed by atoms with Crippen LogP contribution in [-0.2, 0) is 11.3 Å². The first-order chi connectivity index (χ1) is 14.0. The van der Waals surface area contributed by atoms with E-state index in [1.807, 2.05) is 30.3 Å². The van der Waals surface area contributed by atoms with Gasteiger partial charge >= 0.3 is 0 Å². The highest BCUT2D eigenvalue weighted by Gasteiger charge is 2.12. The highest BCUT2D eigenvalue weighted by atomic mass is 16.2. The van der Waals surface area contributed by atoms with Crippen LogP contribution in [0.15, 0.2) is 72.9 Å². The minimum atomic E-state index is -0.456. The van der Waals surface area contributed by atoms with Gasteiger partial charge in [-0.05, 0) is 35.9 Å². The summed E-state index contributed by atoms with van der Waals surface area (Å²) in [4.78, 5) is 40.1. The zero-order valence-electron chi connectivity index (χ0n) is 15.8. The van der Waals surface area contributed by atoms with Crippen molar-refractivity contribution in [2.45, 2.75) is 13.5 Å². The maximum absolute atomic E-state index is 12.5. The Morgan fingerprint density at radius 3 is 2.28 bits per heavy atom. The summed E-state index contributed by atoms with van der Waals surface area (Å²) in [6.45, 7) is 1.79. The molecule has 7 heteroatoms. The van der Waals surface area contributed by atoms with Crippen LogP contribution in [0.3, 0.4) is 0 Å². The Kier molecular flexibility index (Phi) is 6.32. The summed E-state index contributed by atoms with van der Waals surface area (Å²) in [5, 5.41) is 8.18. The first kappa shape index (κ1) is 19.8. The molecule has 0 fully saturated rings. The molecule has 0 saturated heterocycles. The maximum Gasteiger partial charge on any atom is 0.274 e. The molecule has 3 amide bonds. The van der Waals surface area contributed by atoms with E-state index >= 15 is 0 Å². The molecule has 29 heavy (non-hydrogen) atoms. The smallest absolute Gasteiger partial charge is 0.274 e. The van der Waals surface area contributed by atoms with E-state index in [0.29, 0.717) is 23.5 Å². The van der Waals surface area contributed by atoms with Crippen LogP contribution in [0.4, 0.5) is 11.4 Å². The van der Waals surface area contributed by atoms with Gasteiger partial charge in [-0.15, -0.1) is 0 Å². The number of carbonyl (C=O) groups excluding carboxylic acids is 3. The van der Waals surface area contributed by atoms with Crippen molar-refractivity contribution in [1.82, 2.24) is 10.3 Å². The summed E-state index contributed by atoms with van der Waals surface area (Å²) < 4.78 is 0. The molecule has 0 aliphatic heterocycles. The zero-order valence-corrected chi connectivity index (χ0v) is 15.8. The average molecular weight is 388 g/mol. The number of benzene rings is 2. The van der Waals surface area contributed by atoms with Gasteiger partial charge < -0.3 is 16.0 Å². The number of rotatable bonds is 6. The molecule has 2 aromatic carbocycles. The van der Waals surface area contributed by atoms with Crippen molar-refractivity contribution in [2.24, 2.45) is 0 Å². The number of pyridine rings is 1. The fourth-order valence-electron chi connectivity index (χ4n) is 2.65. The van der Waals surface area contributed by atoms with Crippen molar-refractivity contribution in [2.75, 3.05) is 10.6 Å². The third kappa shape index (κ3) is 5.74. The molecule has 0 saturated carbocycles. The van der Waals surface area contributed by atoms with Gasteiger partial charge in [0.25, 0.3) is 11.8 Å². The Morgan fingerprint density at radius 2 is 1.55 bits per heavy atom. The zero-order chi connectivity index (χ0) is 20.6. The molecule has 7 nitrogen and oxygen atoms in total. The van der Waals surface area contributed by atoms with Crippen LogP contribution in [-0.4, -0.2) is 22.7 Å². The number of amides is 3. The molecule has 0 unspecified atom stereocenters. The van der Waals surface area contributed by atoms with Crippen LogP contribution in [0.5, 0.6) is 0 Å². The molecule has 0 aliphatic carbocycles. The molecular weight excluding hydrogens is 368 g/mol. The number of aromatic nitrogens is 1. The molecule has 0 spiro atoms. The van der Waals surface area contributed by atoms with Crippen molar-refractivity contribution in [1.29, 1.82) is 0 Å². The number of carbonyl (C=O) groups is 3. The molecule has 146 valence electrons. The van der Waals surface area contributed by atoms with Crippen molar-refractivity contribution >= 4 is 29.1 Å². The van der Waals surface area contributed by atoms with Gasteiger partial charge in [-0.2, -0.15) is 0 Å². The van der Waals surface area contributed by atoms with Gasteiger partial charge in [-0.25, -0.2) is 0 Å². The monoisotopic (exact) mass is 388 g/mol. The van der Waals surface area contributed by atoms with Crippen LogP contribution < -0.4 is 16.0 Å². The lowest BCUT2D eigenvalue weighted by atomic mass is 10.2. The van der Waals surface area contributed by atoms with E-state index in [2.05, 4.69) is 20.9 Å². The molecule has 3 N–H and O–H groups in total. The van der Waals surface area contributed by atoms with Crippen molar-refractivity contribution in [3.63, 3.8) is 0 Å². The first-order valence-electron chi connectivity index (χ1n) is 8.98. The fourth-order valence-corrected chi connectivity index (χ4v) is 2.65. The van der Waals surface area contributed by atoms with E-state index in [1.165, 1.54) is 19.2 Å². The molecule has 1 aromatic heterocycles. The second kappa shape index (κ2) is 9.27. The highest BCUT2D eigenvalue weighted by Crippen LogP contribution is 2.16. The van der Waals surface area contributed by atoms with Crippen molar-refractivity contribution in [3.05, 3.63) is 89.7 Å². The minimum absolute atomic E-state index is 0.113. The number of anilines is 2. The molecule has 0 aliphatic rings. The average Bonchev–Trinajstić information content (AvgIpc) is 2.72. The molecule has 0 bridgehead atoms. The quantitative estimate of drug-likeness (QED) is 0.604. The van der Waals surface area contributed by atoms with E-state index in [1.54, 1.807) is 30.3 Å². The minimum Gasteiger partial charge on any atom is -0.348 e. The Morgan fingerprint density at radius 1 is 0.828 bits per heavy atom. The van der Waals surface area contributed by atoms with Crippen LogP contribution in [0.1, 0.15) is 33.3 Å². The first-order valence-corrected chi connectivity index (χ1v) is 8.98. The highest BCUT2D eigenvalue weighted by molar-refractivity contribution is 6.05. The fraction of sp³-hybridized carbons (Fsp3) is 0.0909. The van der Waals surface area contributed by atoms with E-state index in [9.17, 15) is 14.4 Å². The predicted molar refractivity (Wildman–Crippen MR) is 111 cm³/mol. The lowest BCUT2D eigenvalue weighted by molar-refractivity contribution is -0.114. The standard InChI is InChI=1S/C22H20N4O3/c1-15(27)25-18-8-5-9-19(13-18)26-22(29)20-12-17(10-11-23-20)21(28)24-14-16-6-3-2-4-7-16/h2-13H,14H2,1H3,(H,24,28)(H,25,27)(H,26,29). The number of nitrogens with zero attached hydrogens (tertiary/aromatic N) is 1. The van der Waals surface area contributed by atoms with Gasteiger partial charge in [0, 0.05) is 36.6 Å². The van der Waals surface area contributed by atoms with Crippen LogP contribution in [0.2, 0.25) is 0 Å². The third-order valence-electron chi connectivity index (χ3n) is 3.99. The topological polar surface area (TPSA) is 100 Å². The lowest BCUT2D eigenvalue weighted by Crippen LogP contribution is -2.23. The number of hydrogen-bond donors (Lipinski definition) is 3. The largest absolute Gasteiger partial charge is 0.348 e. The second-order valence-electron chi connectivity index (χ2n) is 6.31. The molecule has 0 radical (unpaired) electrons. The Hall–Kier alpha value is -4.00. The van der Waals surface area contributed by atoms with Gasteiger partial charge in [-0.1, -0.05) is 36.4 Å². The SMILES string of the molecule is CC(=O)Nc1cccc(NC(=O)c2cc(C(=O)NCc3ccccc3)ccn2)c1. The maximum atomic E-state index is 12.5. The molecular formula is C22H20N4O3. The van der Waals surface area contributed by atoms with Gasteiger partial charge in [0.05, 0.1) is 0 Å². The number of hydrogen-bond acceptors (Lipinski definition) is 4. The van der Waals surface area contributed by atoms with Gasteiger partial charge in [-0.3, -0.25) is 19.4 Å². The summed E-state index contributed by atoms with van der Waals surface area (Å²) in [6, 6.07) is 19.3. The Balaban J connectivity index is 1.66. The third-order valence-corrected chi connectivity index (χ3v) is 3.99. The van der Waals surface area contributed by atoms with Crippen molar-refractivity contribution < 1.29 is 14.4 Å². The van der Waals surface area contributed by atoms with Crippen LogP contribution >= 0.6 is 0 Å². The van der Waals surface area contributed by atoms with Crippen LogP contribution in [0, 0.1) is 0 Å². The van der Waals surface area contributed by atoms with E-state index in [-0.39, 0.29) is 17.5 Å². The summed E-state index contributed by atoms with van der Waals surface area (Å²) in [6.07, 6.45) is 1.42. The van der Waals surface area contributed by atoms with Gasteiger partial charge in [0.15, 0.2) is 0 Å². The lowest BCUT2D eigenvalue weighted by Gasteiger charge is -2.09.